The number of carbonyl (C=O) groups is 1. The van der Waals surface area contributed by atoms with Gasteiger partial charge in [0, 0.05) is 11.6 Å². The van der Waals surface area contributed by atoms with Gasteiger partial charge in [-0.15, -0.1) is 0 Å². The summed E-state index contributed by atoms with van der Waals surface area (Å²) in [6.07, 6.45) is 3.31. The SMILES string of the molecule is Cc1c(F)cccc1C(=O)N[C@H](C1CCNCC1)C1CC(O)C1. The number of aliphatic hydroxyl groups is 1. The number of nitrogens with one attached hydrogen (secondary N) is 2. The Labute approximate surface area is 136 Å². The van der Waals surface area contributed by atoms with Crippen LogP contribution in [0.15, 0.2) is 18.2 Å². The number of benzene rings is 1. The molecular formula is C18H25FN2O2. The molecule has 0 bridgehead atoms. The monoisotopic (exact) mass is 320 g/mol. The largest absolute Gasteiger partial charge is 0.393 e. The lowest BCUT2D eigenvalue weighted by Gasteiger charge is -2.43. The van der Waals surface area contributed by atoms with Crippen LogP contribution in [0.5, 0.6) is 0 Å². The Kier molecular flexibility index (Phi) is 4.97. The third kappa shape index (κ3) is 3.56. The van der Waals surface area contributed by atoms with Gasteiger partial charge in [0.2, 0.25) is 0 Å². The number of piperidine rings is 1. The van der Waals surface area contributed by atoms with Crippen molar-refractivity contribution >= 4 is 5.91 Å². The van der Waals surface area contributed by atoms with Crippen molar-refractivity contribution in [3.05, 3.63) is 35.1 Å². The highest BCUT2D eigenvalue weighted by Crippen LogP contribution is 2.36. The van der Waals surface area contributed by atoms with Crippen LogP contribution in [-0.4, -0.2) is 36.2 Å². The molecule has 3 rings (SSSR count). The molecule has 0 spiro atoms. The van der Waals surface area contributed by atoms with Crippen LogP contribution in [0.2, 0.25) is 0 Å². The van der Waals surface area contributed by atoms with Gasteiger partial charge in [0.05, 0.1) is 6.10 Å². The second kappa shape index (κ2) is 6.97. The van der Waals surface area contributed by atoms with Crippen LogP contribution in [0, 0.1) is 24.6 Å². The molecule has 1 aliphatic carbocycles. The van der Waals surface area contributed by atoms with Gasteiger partial charge in [-0.25, -0.2) is 4.39 Å². The minimum absolute atomic E-state index is 0.0654. The van der Waals surface area contributed by atoms with E-state index >= 15 is 0 Å². The summed E-state index contributed by atoms with van der Waals surface area (Å²) >= 11 is 0. The summed E-state index contributed by atoms with van der Waals surface area (Å²) in [6.45, 7) is 3.56. The van der Waals surface area contributed by atoms with E-state index in [1.54, 1.807) is 19.1 Å². The standard InChI is InChI=1S/C18H25FN2O2/c1-11-15(3-2-4-16(11)19)18(23)21-17(13-9-14(22)10-13)12-5-7-20-8-6-12/h2-4,12-14,17,20,22H,5-10H2,1H3,(H,21,23)/t13?,14?,17-/m1/s1. The molecule has 1 saturated carbocycles. The third-order valence-corrected chi connectivity index (χ3v) is 5.36. The predicted molar refractivity (Wildman–Crippen MR) is 86.7 cm³/mol. The molecule has 23 heavy (non-hydrogen) atoms. The Morgan fingerprint density at radius 1 is 1.30 bits per heavy atom. The average molecular weight is 320 g/mol. The number of hydrogen-bond acceptors (Lipinski definition) is 3. The molecule has 1 saturated heterocycles. The smallest absolute Gasteiger partial charge is 0.251 e. The summed E-state index contributed by atoms with van der Waals surface area (Å²) in [4.78, 5) is 12.6. The van der Waals surface area contributed by atoms with Crippen LogP contribution in [0.3, 0.4) is 0 Å². The second-order valence-corrected chi connectivity index (χ2v) is 6.88. The van der Waals surface area contributed by atoms with Crippen molar-refractivity contribution in [1.29, 1.82) is 0 Å². The zero-order valence-corrected chi connectivity index (χ0v) is 13.5. The van der Waals surface area contributed by atoms with Crippen molar-refractivity contribution in [3.8, 4) is 0 Å². The summed E-state index contributed by atoms with van der Waals surface area (Å²) in [6, 6.07) is 4.68. The maximum absolute atomic E-state index is 13.7. The van der Waals surface area contributed by atoms with Gasteiger partial charge in [-0.3, -0.25) is 4.79 Å². The second-order valence-electron chi connectivity index (χ2n) is 6.88. The van der Waals surface area contributed by atoms with Crippen molar-refractivity contribution < 1.29 is 14.3 Å². The molecule has 4 nitrogen and oxygen atoms in total. The Hall–Kier alpha value is -1.46. The summed E-state index contributed by atoms with van der Waals surface area (Å²) in [5.74, 6) is 0.194. The Balaban J connectivity index is 1.74. The number of hydrogen-bond donors (Lipinski definition) is 3. The maximum atomic E-state index is 13.7. The predicted octanol–water partition coefficient (Wildman–Crippen LogP) is 2.00. The van der Waals surface area contributed by atoms with Gasteiger partial charge in [0.1, 0.15) is 5.82 Å². The minimum atomic E-state index is -0.352. The van der Waals surface area contributed by atoms with Gasteiger partial charge >= 0.3 is 0 Å². The first-order valence-corrected chi connectivity index (χ1v) is 8.51. The minimum Gasteiger partial charge on any atom is -0.393 e. The molecule has 0 unspecified atom stereocenters. The average Bonchev–Trinajstić information content (AvgIpc) is 2.53. The van der Waals surface area contributed by atoms with E-state index in [-0.39, 0.29) is 23.9 Å². The first-order chi connectivity index (χ1) is 11.1. The third-order valence-electron chi connectivity index (χ3n) is 5.36. The molecule has 2 aliphatic rings. The van der Waals surface area contributed by atoms with Crippen molar-refractivity contribution in [2.45, 2.75) is 44.8 Å². The number of amides is 1. The summed E-state index contributed by atoms with van der Waals surface area (Å²) in [5, 5.41) is 16.1. The van der Waals surface area contributed by atoms with Gasteiger partial charge in [0.15, 0.2) is 0 Å². The van der Waals surface area contributed by atoms with E-state index in [1.165, 1.54) is 6.07 Å². The molecule has 1 heterocycles. The fourth-order valence-electron chi connectivity index (χ4n) is 3.83. The molecule has 1 aromatic rings. The first-order valence-electron chi connectivity index (χ1n) is 8.51. The van der Waals surface area contributed by atoms with E-state index in [9.17, 15) is 14.3 Å². The van der Waals surface area contributed by atoms with Crippen LogP contribution in [0.1, 0.15) is 41.6 Å². The summed E-state index contributed by atoms with van der Waals surface area (Å²) in [7, 11) is 0. The summed E-state index contributed by atoms with van der Waals surface area (Å²) < 4.78 is 13.7. The molecule has 2 fully saturated rings. The van der Waals surface area contributed by atoms with E-state index in [0.717, 1.165) is 38.8 Å². The summed E-state index contributed by atoms with van der Waals surface area (Å²) in [5.41, 5.74) is 0.798. The van der Waals surface area contributed by atoms with Crippen molar-refractivity contribution in [3.63, 3.8) is 0 Å². The van der Waals surface area contributed by atoms with E-state index in [1.807, 2.05) is 0 Å². The van der Waals surface area contributed by atoms with Gasteiger partial charge in [-0.2, -0.15) is 0 Å². The van der Waals surface area contributed by atoms with E-state index in [0.29, 0.717) is 23.0 Å². The van der Waals surface area contributed by atoms with Gasteiger partial charge in [0.25, 0.3) is 5.91 Å². The van der Waals surface area contributed by atoms with E-state index in [2.05, 4.69) is 10.6 Å². The molecule has 1 aromatic carbocycles. The Morgan fingerprint density at radius 2 is 2.00 bits per heavy atom. The van der Waals surface area contributed by atoms with Crippen LogP contribution < -0.4 is 10.6 Å². The molecule has 126 valence electrons. The van der Waals surface area contributed by atoms with Crippen LogP contribution in [-0.2, 0) is 0 Å². The highest BCUT2D eigenvalue weighted by Gasteiger charge is 2.39. The molecular weight excluding hydrogens is 295 g/mol. The van der Waals surface area contributed by atoms with Gasteiger partial charge < -0.3 is 15.7 Å². The van der Waals surface area contributed by atoms with E-state index < -0.39 is 0 Å². The molecule has 1 atom stereocenters. The van der Waals surface area contributed by atoms with Gasteiger partial charge in [-0.1, -0.05) is 6.07 Å². The van der Waals surface area contributed by atoms with Crippen molar-refractivity contribution in [1.82, 2.24) is 10.6 Å². The van der Waals surface area contributed by atoms with Crippen molar-refractivity contribution in [2.24, 2.45) is 11.8 Å². The van der Waals surface area contributed by atoms with Crippen molar-refractivity contribution in [2.75, 3.05) is 13.1 Å². The molecule has 0 radical (unpaired) electrons. The van der Waals surface area contributed by atoms with E-state index in [4.69, 9.17) is 0 Å². The first kappa shape index (κ1) is 16.4. The Bertz CT molecular complexity index is 566. The molecule has 1 amide bonds. The zero-order valence-electron chi connectivity index (χ0n) is 13.5. The van der Waals surface area contributed by atoms with Crippen LogP contribution in [0.4, 0.5) is 4.39 Å². The Morgan fingerprint density at radius 3 is 2.65 bits per heavy atom. The molecule has 3 N–H and O–H groups in total. The fourth-order valence-corrected chi connectivity index (χ4v) is 3.83. The highest BCUT2D eigenvalue weighted by atomic mass is 19.1. The highest BCUT2D eigenvalue weighted by molar-refractivity contribution is 5.95. The fraction of sp³-hybridized carbons (Fsp3) is 0.611. The normalized spacial score (nSPS) is 26.4. The number of aliphatic hydroxyl groups excluding tert-OH is 1. The van der Waals surface area contributed by atoms with Crippen LogP contribution in [0.25, 0.3) is 0 Å². The van der Waals surface area contributed by atoms with Crippen LogP contribution >= 0.6 is 0 Å². The lowest BCUT2D eigenvalue weighted by molar-refractivity contribution is 0.00917. The molecule has 1 aliphatic heterocycles. The number of rotatable bonds is 4. The molecule has 0 aromatic heterocycles. The topological polar surface area (TPSA) is 61.4 Å². The van der Waals surface area contributed by atoms with Gasteiger partial charge in [-0.05, 0) is 75.2 Å². The maximum Gasteiger partial charge on any atom is 0.251 e. The number of carbonyl (C=O) groups excluding carboxylic acids is 1. The molecule has 5 heteroatoms. The quantitative estimate of drug-likeness (QED) is 0.795. The number of halogens is 1. The lowest BCUT2D eigenvalue weighted by Crippen LogP contribution is -2.53. The zero-order chi connectivity index (χ0) is 16.4. The lowest BCUT2D eigenvalue weighted by atomic mass is 9.71.